The Hall–Kier alpha value is -0.910. The Bertz CT molecular complexity index is 417. The predicted molar refractivity (Wildman–Crippen MR) is 72.3 cm³/mol. The third-order valence-electron chi connectivity index (χ3n) is 3.40. The van der Waals surface area contributed by atoms with Gasteiger partial charge >= 0.3 is 0 Å². The minimum Gasteiger partial charge on any atom is -0.375 e. The number of amides is 1. The third kappa shape index (κ3) is 2.91. The Morgan fingerprint density at radius 2 is 2.39 bits per heavy atom. The van der Waals surface area contributed by atoms with Crippen LogP contribution in [-0.2, 0) is 16.1 Å². The van der Waals surface area contributed by atoms with Gasteiger partial charge in [-0.2, -0.15) is 0 Å². The van der Waals surface area contributed by atoms with E-state index in [2.05, 4.69) is 11.4 Å². The molecule has 18 heavy (non-hydrogen) atoms. The van der Waals surface area contributed by atoms with E-state index in [0.717, 1.165) is 0 Å². The highest BCUT2D eigenvalue weighted by atomic mass is 32.1. The van der Waals surface area contributed by atoms with Crippen molar-refractivity contribution < 1.29 is 9.53 Å². The fourth-order valence-corrected chi connectivity index (χ4v) is 3.13. The van der Waals surface area contributed by atoms with Gasteiger partial charge in [-0.05, 0) is 31.7 Å². The summed E-state index contributed by atoms with van der Waals surface area (Å²) in [6, 6.07) is 4.06. The van der Waals surface area contributed by atoms with Crippen LogP contribution in [0, 0.1) is 0 Å². The number of hydrogen-bond donors (Lipinski definition) is 2. The van der Waals surface area contributed by atoms with Crippen LogP contribution in [0.25, 0.3) is 0 Å². The molecule has 0 spiro atoms. The molecule has 0 radical (unpaired) electrons. The van der Waals surface area contributed by atoms with E-state index in [4.69, 9.17) is 10.5 Å². The number of ether oxygens (including phenoxy) is 1. The number of rotatable bonds is 4. The molecule has 1 saturated heterocycles. The lowest BCUT2D eigenvalue weighted by Gasteiger charge is -2.43. The highest BCUT2D eigenvalue weighted by Gasteiger charge is 2.44. The third-order valence-corrected chi connectivity index (χ3v) is 4.28. The molecule has 0 bridgehead atoms. The molecule has 1 aliphatic rings. The molecule has 1 aromatic heterocycles. The Morgan fingerprint density at radius 1 is 1.61 bits per heavy atom. The van der Waals surface area contributed by atoms with Crippen molar-refractivity contribution >= 4 is 17.2 Å². The fourth-order valence-electron chi connectivity index (χ4n) is 2.49. The minimum atomic E-state index is -0.647. The molecule has 0 aromatic carbocycles. The number of carbonyl (C=O) groups is 1. The number of nitrogens with two attached hydrogens (primary N) is 1. The summed E-state index contributed by atoms with van der Waals surface area (Å²) < 4.78 is 5.66. The van der Waals surface area contributed by atoms with Crippen molar-refractivity contribution in [3.63, 3.8) is 0 Å². The number of primary amides is 1. The zero-order chi connectivity index (χ0) is 13.2. The molecule has 3 N–H and O–H groups in total. The van der Waals surface area contributed by atoms with Crippen LogP contribution >= 0.6 is 11.3 Å². The molecular formula is C13H20N2O2S. The molecule has 1 unspecified atom stereocenters. The van der Waals surface area contributed by atoms with E-state index in [-0.39, 0.29) is 11.5 Å². The molecule has 1 aromatic rings. The first-order valence-corrected chi connectivity index (χ1v) is 7.03. The van der Waals surface area contributed by atoms with Gasteiger partial charge in [-0.15, -0.1) is 11.3 Å². The van der Waals surface area contributed by atoms with Crippen molar-refractivity contribution in [1.82, 2.24) is 5.32 Å². The molecule has 0 aliphatic carbocycles. The van der Waals surface area contributed by atoms with Crippen LogP contribution in [0.1, 0.15) is 31.6 Å². The maximum atomic E-state index is 11.8. The van der Waals surface area contributed by atoms with E-state index in [0.29, 0.717) is 26.0 Å². The second-order valence-corrected chi connectivity index (χ2v) is 6.45. The van der Waals surface area contributed by atoms with Gasteiger partial charge in [-0.1, -0.05) is 6.07 Å². The molecule has 2 heterocycles. The topological polar surface area (TPSA) is 64.3 Å². The summed E-state index contributed by atoms with van der Waals surface area (Å²) in [7, 11) is 0. The Labute approximate surface area is 112 Å². The van der Waals surface area contributed by atoms with Gasteiger partial charge in [-0.25, -0.2) is 0 Å². The Morgan fingerprint density at radius 3 is 2.94 bits per heavy atom. The summed E-state index contributed by atoms with van der Waals surface area (Å²) in [5.74, 6) is -0.282. The highest BCUT2D eigenvalue weighted by molar-refractivity contribution is 7.09. The lowest BCUT2D eigenvalue weighted by molar-refractivity contribution is -0.138. The molecule has 2 rings (SSSR count). The molecule has 4 nitrogen and oxygen atoms in total. The van der Waals surface area contributed by atoms with Gasteiger partial charge < -0.3 is 10.5 Å². The first kappa shape index (κ1) is 13.5. The van der Waals surface area contributed by atoms with Gasteiger partial charge in [0, 0.05) is 24.4 Å². The Kier molecular flexibility index (Phi) is 3.75. The van der Waals surface area contributed by atoms with Crippen LogP contribution in [-0.4, -0.2) is 23.7 Å². The van der Waals surface area contributed by atoms with Crippen LogP contribution < -0.4 is 11.1 Å². The predicted octanol–water partition coefficient (Wildman–Crippen LogP) is 1.65. The molecule has 1 aliphatic heterocycles. The maximum absolute atomic E-state index is 11.8. The van der Waals surface area contributed by atoms with E-state index in [1.165, 1.54) is 4.88 Å². The minimum absolute atomic E-state index is 0.282. The van der Waals surface area contributed by atoms with Crippen molar-refractivity contribution in [1.29, 1.82) is 0 Å². The number of hydrogen-bond acceptors (Lipinski definition) is 4. The average molecular weight is 268 g/mol. The second-order valence-electron chi connectivity index (χ2n) is 5.41. The average Bonchev–Trinajstić information content (AvgIpc) is 2.77. The summed E-state index contributed by atoms with van der Waals surface area (Å²) in [5.41, 5.74) is 4.65. The quantitative estimate of drug-likeness (QED) is 0.872. The second kappa shape index (κ2) is 4.99. The van der Waals surface area contributed by atoms with Gasteiger partial charge in [0.1, 0.15) is 5.54 Å². The SMILES string of the molecule is CC1(C)CC(NCc2cccs2)(C(N)=O)CCO1. The van der Waals surface area contributed by atoms with Crippen molar-refractivity contribution in [2.45, 2.75) is 44.4 Å². The molecule has 5 heteroatoms. The van der Waals surface area contributed by atoms with Crippen molar-refractivity contribution in [3.05, 3.63) is 22.4 Å². The Balaban J connectivity index is 2.09. The van der Waals surface area contributed by atoms with Crippen molar-refractivity contribution in [2.24, 2.45) is 5.73 Å². The number of nitrogens with one attached hydrogen (secondary N) is 1. The largest absolute Gasteiger partial charge is 0.375 e. The zero-order valence-corrected chi connectivity index (χ0v) is 11.7. The molecule has 0 saturated carbocycles. The van der Waals surface area contributed by atoms with Crippen LogP contribution in [0.5, 0.6) is 0 Å². The fraction of sp³-hybridized carbons (Fsp3) is 0.615. The van der Waals surface area contributed by atoms with E-state index in [1.807, 2.05) is 25.3 Å². The number of thiophene rings is 1. The van der Waals surface area contributed by atoms with Gasteiger partial charge in [0.2, 0.25) is 5.91 Å². The molecule has 1 atom stereocenters. The normalized spacial score (nSPS) is 27.0. The summed E-state index contributed by atoms with van der Waals surface area (Å²) in [5, 5.41) is 5.38. The first-order chi connectivity index (χ1) is 8.44. The maximum Gasteiger partial charge on any atom is 0.237 e. The van der Waals surface area contributed by atoms with Crippen LogP contribution in [0.15, 0.2) is 17.5 Å². The van der Waals surface area contributed by atoms with Gasteiger partial charge in [0.15, 0.2) is 0 Å². The standard InChI is InChI=1S/C13H20N2O2S/c1-12(2)9-13(11(14)16,5-6-17-12)15-8-10-4-3-7-18-10/h3-4,7,15H,5-6,8-9H2,1-2H3,(H2,14,16). The van der Waals surface area contributed by atoms with E-state index >= 15 is 0 Å². The lowest BCUT2D eigenvalue weighted by Crippen LogP contribution is -2.61. The van der Waals surface area contributed by atoms with Gasteiger partial charge in [-0.3, -0.25) is 10.1 Å². The van der Waals surface area contributed by atoms with E-state index in [1.54, 1.807) is 11.3 Å². The van der Waals surface area contributed by atoms with Gasteiger partial charge in [0.25, 0.3) is 0 Å². The van der Waals surface area contributed by atoms with E-state index < -0.39 is 5.54 Å². The van der Waals surface area contributed by atoms with Crippen LogP contribution in [0.3, 0.4) is 0 Å². The smallest absolute Gasteiger partial charge is 0.237 e. The van der Waals surface area contributed by atoms with E-state index in [9.17, 15) is 4.79 Å². The molecule has 1 fully saturated rings. The zero-order valence-electron chi connectivity index (χ0n) is 10.9. The molecule has 100 valence electrons. The van der Waals surface area contributed by atoms with Crippen molar-refractivity contribution in [2.75, 3.05) is 6.61 Å². The summed E-state index contributed by atoms with van der Waals surface area (Å²) in [6.45, 7) is 5.23. The molecular weight excluding hydrogens is 248 g/mol. The summed E-state index contributed by atoms with van der Waals surface area (Å²) >= 11 is 1.68. The highest BCUT2D eigenvalue weighted by Crippen LogP contribution is 2.32. The summed E-state index contributed by atoms with van der Waals surface area (Å²) in [6.07, 6.45) is 1.25. The van der Waals surface area contributed by atoms with Gasteiger partial charge in [0.05, 0.1) is 5.60 Å². The first-order valence-electron chi connectivity index (χ1n) is 6.15. The monoisotopic (exact) mass is 268 g/mol. The van der Waals surface area contributed by atoms with Crippen LogP contribution in [0.2, 0.25) is 0 Å². The number of carbonyl (C=O) groups excluding carboxylic acids is 1. The molecule has 1 amide bonds. The van der Waals surface area contributed by atoms with Crippen molar-refractivity contribution in [3.8, 4) is 0 Å². The summed E-state index contributed by atoms with van der Waals surface area (Å²) in [4.78, 5) is 13.0. The van der Waals surface area contributed by atoms with Crippen LogP contribution in [0.4, 0.5) is 0 Å². The lowest BCUT2D eigenvalue weighted by atomic mass is 9.80.